The van der Waals surface area contributed by atoms with Gasteiger partial charge < -0.3 is 19.7 Å². The average molecular weight is 591 g/mol. The number of ether oxygens (including phenoxy) is 2. The Labute approximate surface area is 248 Å². The van der Waals surface area contributed by atoms with Crippen LogP contribution in [0.15, 0.2) is 42.5 Å². The minimum atomic E-state index is -0.814. The predicted molar refractivity (Wildman–Crippen MR) is 159 cm³/mol. The van der Waals surface area contributed by atoms with E-state index in [1.54, 1.807) is 39.0 Å². The zero-order valence-electron chi connectivity index (χ0n) is 23.8. The van der Waals surface area contributed by atoms with Crippen LogP contribution in [0.4, 0.5) is 4.79 Å². The summed E-state index contributed by atoms with van der Waals surface area (Å²) in [7, 11) is 0. The van der Waals surface area contributed by atoms with Crippen LogP contribution < -0.4 is 10.1 Å². The second-order valence-electron chi connectivity index (χ2n) is 11.7. The summed E-state index contributed by atoms with van der Waals surface area (Å²) in [6.45, 7) is 10.5. The molecule has 0 aliphatic carbocycles. The Bertz CT molecular complexity index is 1160. The third kappa shape index (κ3) is 8.76. The third-order valence-electron chi connectivity index (χ3n) is 7.46. The van der Waals surface area contributed by atoms with E-state index in [1.807, 2.05) is 17.0 Å². The highest BCUT2D eigenvalue weighted by Gasteiger charge is 2.32. The minimum Gasteiger partial charge on any atom is -0.492 e. The lowest BCUT2D eigenvalue weighted by molar-refractivity contribution is -0.134. The van der Waals surface area contributed by atoms with Crippen molar-refractivity contribution < 1.29 is 19.1 Å². The molecule has 2 aliphatic rings. The summed E-state index contributed by atoms with van der Waals surface area (Å²) >= 11 is 12.5. The Balaban J connectivity index is 1.39. The maximum absolute atomic E-state index is 13.7. The number of nitrogens with zero attached hydrogens (tertiary/aromatic N) is 2. The second-order valence-corrected chi connectivity index (χ2v) is 12.5. The average Bonchev–Trinajstić information content (AvgIpc) is 3.42. The van der Waals surface area contributed by atoms with E-state index in [-0.39, 0.29) is 12.3 Å². The van der Waals surface area contributed by atoms with Crippen molar-refractivity contribution in [2.45, 2.75) is 70.4 Å². The molecule has 0 bridgehead atoms. The quantitative estimate of drug-likeness (QED) is 0.371. The normalized spacial score (nSPS) is 17.5. The van der Waals surface area contributed by atoms with Crippen molar-refractivity contribution in [3.8, 4) is 5.75 Å². The Morgan fingerprint density at radius 1 is 1.02 bits per heavy atom. The van der Waals surface area contributed by atoms with Crippen LogP contribution in [0.2, 0.25) is 10.0 Å². The summed E-state index contributed by atoms with van der Waals surface area (Å²) < 4.78 is 11.7. The molecule has 1 atom stereocenters. The summed E-state index contributed by atoms with van der Waals surface area (Å²) in [4.78, 5) is 30.7. The lowest BCUT2D eigenvalue weighted by atomic mass is 9.88. The highest BCUT2D eigenvalue weighted by molar-refractivity contribution is 6.35. The van der Waals surface area contributed by atoms with E-state index < -0.39 is 17.7 Å². The summed E-state index contributed by atoms with van der Waals surface area (Å²) in [5.41, 5.74) is 1.25. The number of carbonyl (C=O) groups excluding carboxylic acids is 2. The third-order valence-corrected chi connectivity index (χ3v) is 8.04. The standard InChI is InChI=1S/C31H41Cl2N3O4/c1-31(2,3)40-30(38)34-27(20-23-10-11-24(32)21-26(23)33)29(37)36-16-12-22(13-17-36)25-8-4-5-9-28(25)39-19-18-35-14-6-7-15-35/h4-5,8-11,21-22,27H,6-7,12-20H2,1-3H3,(H,34,38)/t27-/m1/s1. The Morgan fingerprint density at radius 3 is 2.40 bits per heavy atom. The Morgan fingerprint density at radius 2 is 1.73 bits per heavy atom. The number of hydrogen-bond donors (Lipinski definition) is 1. The number of benzene rings is 2. The number of rotatable bonds is 9. The first-order chi connectivity index (χ1) is 19.1. The molecule has 0 aromatic heterocycles. The highest BCUT2D eigenvalue weighted by Crippen LogP contribution is 2.34. The number of amides is 2. The number of halogens is 2. The lowest BCUT2D eigenvalue weighted by Gasteiger charge is -2.35. The number of carbonyl (C=O) groups is 2. The van der Waals surface area contributed by atoms with Crippen molar-refractivity contribution in [1.29, 1.82) is 0 Å². The van der Waals surface area contributed by atoms with E-state index in [1.165, 1.54) is 18.4 Å². The first-order valence-corrected chi connectivity index (χ1v) is 15.0. The van der Waals surface area contributed by atoms with Crippen molar-refractivity contribution in [3.63, 3.8) is 0 Å². The van der Waals surface area contributed by atoms with Crippen LogP contribution in [0.25, 0.3) is 0 Å². The van der Waals surface area contributed by atoms with E-state index in [2.05, 4.69) is 22.3 Å². The molecule has 2 saturated heterocycles. The molecule has 7 nitrogen and oxygen atoms in total. The zero-order valence-corrected chi connectivity index (χ0v) is 25.3. The first-order valence-electron chi connectivity index (χ1n) is 14.3. The molecule has 9 heteroatoms. The van der Waals surface area contributed by atoms with Crippen LogP contribution >= 0.6 is 23.2 Å². The monoisotopic (exact) mass is 589 g/mol. The topological polar surface area (TPSA) is 71.1 Å². The molecule has 4 rings (SSSR count). The van der Waals surface area contributed by atoms with Crippen LogP contribution in [0, 0.1) is 0 Å². The van der Waals surface area contributed by atoms with Crippen molar-refractivity contribution in [2.75, 3.05) is 39.3 Å². The van der Waals surface area contributed by atoms with Gasteiger partial charge in [0.15, 0.2) is 0 Å². The lowest BCUT2D eigenvalue weighted by Crippen LogP contribution is -2.52. The SMILES string of the molecule is CC(C)(C)OC(=O)N[C@H](Cc1ccc(Cl)cc1Cl)C(=O)N1CCC(c2ccccc2OCCN2CCCC2)CC1. The molecule has 2 fully saturated rings. The van der Waals surface area contributed by atoms with Gasteiger partial charge in [0.05, 0.1) is 0 Å². The van der Waals surface area contributed by atoms with E-state index in [4.69, 9.17) is 32.7 Å². The number of para-hydroxylation sites is 1. The highest BCUT2D eigenvalue weighted by atomic mass is 35.5. The molecule has 0 saturated carbocycles. The van der Waals surface area contributed by atoms with E-state index in [0.717, 1.165) is 43.8 Å². The molecule has 1 N–H and O–H groups in total. The Hall–Kier alpha value is -2.48. The molecule has 2 amide bonds. The van der Waals surface area contributed by atoms with Crippen molar-refractivity contribution in [2.24, 2.45) is 0 Å². The second kappa shape index (κ2) is 13.9. The number of nitrogens with one attached hydrogen (secondary N) is 1. The maximum Gasteiger partial charge on any atom is 0.408 e. The van der Waals surface area contributed by atoms with Crippen LogP contribution in [-0.4, -0.2) is 72.8 Å². The molecular formula is C31H41Cl2N3O4. The fourth-order valence-electron chi connectivity index (χ4n) is 5.43. The van der Waals surface area contributed by atoms with Gasteiger partial charge in [-0.05, 0) is 94.8 Å². The van der Waals surface area contributed by atoms with Gasteiger partial charge in [-0.2, -0.15) is 0 Å². The Kier molecular flexibility index (Phi) is 10.6. The van der Waals surface area contributed by atoms with Gasteiger partial charge in [0.25, 0.3) is 0 Å². The smallest absolute Gasteiger partial charge is 0.408 e. The number of hydrogen-bond acceptors (Lipinski definition) is 5. The van der Waals surface area contributed by atoms with E-state index in [9.17, 15) is 9.59 Å². The minimum absolute atomic E-state index is 0.148. The van der Waals surface area contributed by atoms with E-state index in [0.29, 0.717) is 35.7 Å². The fourth-order valence-corrected chi connectivity index (χ4v) is 5.91. The molecule has 0 spiro atoms. The van der Waals surface area contributed by atoms with Crippen molar-refractivity contribution >= 4 is 35.2 Å². The molecular weight excluding hydrogens is 549 g/mol. The predicted octanol–water partition coefficient (Wildman–Crippen LogP) is 6.31. The van der Waals surface area contributed by atoms with Gasteiger partial charge in [-0.15, -0.1) is 0 Å². The van der Waals surface area contributed by atoms with Crippen LogP contribution in [-0.2, 0) is 16.0 Å². The van der Waals surface area contributed by atoms with Gasteiger partial charge in [0.2, 0.25) is 5.91 Å². The number of likely N-dealkylation sites (tertiary alicyclic amines) is 2. The van der Waals surface area contributed by atoms with Crippen molar-refractivity contribution in [1.82, 2.24) is 15.1 Å². The zero-order chi connectivity index (χ0) is 28.7. The molecule has 2 aromatic carbocycles. The van der Waals surface area contributed by atoms with Gasteiger partial charge >= 0.3 is 6.09 Å². The van der Waals surface area contributed by atoms with Gasteiger partial charge in [-0.25, -0.2) is 4.79 Å². The molecule has 2 aromatic rings. The van der Waals surface area contributed by atoms with Crippen molar-refractivity contribution in [3.05, 3.63) is 63.6 Å². The number of alkyl carbamates (subject to hydrolysis) is 1. The van der Waals surface area contributed by atoms with Gasteiger partial charge in [-0.3, -0.25) is 9.69 Å². The van der Waals surface area contributed by atoms with Gasteiger partial charge in [0.1, 0.15) is 24.0 Å². The maximum atomic E-state index is 13.7. The van der Waals surface area contributed by atoms with Crippen LogP contribution in [0.1, 0.15) is 63.5 Å². The summed E-state index contributed by atoms with van der Waals surface area (Å²) in [5, 5.41) is 3.76. The van der Waals surface area contributed by atoms with E-state index >= 15 is 0 Å². The summed E-state index contributed by atoms with van der Waals surface area (Å²) in [6.07, 6.45) is 3.79. The first kappa shape index (κ1) is 30.5. The summed E-state index contributed by atoms with van der Waals surface area (Å²) in [5.74, 6) is 1.09. The van der Waals surface area contributed by atoms with Gasteiger partial charge in [0, 0.05) is 36.1 Å². The molecule has 218 valence electrons. The molecule has 2 aliphatic heterocycles. The van der Waals surface area contributed by atoms with Crippen LogP contribution in [0.3, 0.4) is 0 Å². The number of piperidine rings is 1. The molecule has 0 unspecified atom stereocenters. The van der Waals surface area contributed by atoms with Crippen LogP contribution in [0.5, 0.6) is 5.75 Å². The fraction of sp³-hybridized carbons (Fsp3) is 0.548. The largest absolute Gasteiger partial charge is 0.492 e. The molecule has 2 heterocycles. The summed E-state index contributed by atoms with van der Waals surface area (Å²) in [6, 6.07) is 12.6. The van der Waals surface area contributed by atoms with Gasteiger partial charge in [-0.1, -0.05) is 47.5 Å². The molecule has 40 heavy (non-hydrogen) atoms. The molecule has 0 radical (unpaired) electrons.